The molecule has 0 fully saturated rings. The molecular formula is C13H11FN2O2S2. The second kappa shape index (κ2) is 5.98. The largest absolute Gasteiger partial charge is 0.496 e. The minimum Gasteiger partial charge on any atom is -0.496 e. The van der Waals surface area contributed by atoms with Crippen molar-refractivity contribution in [1.82, 2.24) is 0 Å². The molecule has 0 aliphatic rings. The molecule has 2 aromatic rings. The molecule has 0 spiro atoms. The van der Waals surface area contributed by atoms with Crippen LogP contribution in [0.2, 0.25) is 0 Å². The maximum absolute atomic E-state index is 13.7. The Bertz CT molecular complexity index is 670. The summed E-state index contributed by atoms with van der Waals surface area (Å²) in [7, 11) is 1.52. The van der Waals surface area contributed by atoms with E-state index in [4.69, 9.17) is 22.7 Å². The number of halogens is 1. The number of methoxy groups -OCH3 is 1. The number of nitrogens with two attached hydrogens (primary N) is 1. The van der Waals surface area contributed by atoms with E-state index in [-0.39, 0.29) is 22.1 Å². The molecule has 0 aliphatic carbocycles. The smallest absolute Gasteiger partial charge is 0.265 e. The van der Waals surface area contributed by atoms with E-state index in [0.29, 0.717) is 10.6 Å². The SMILES string of the molecule is COc1csc(C(=O)Nc2cccc(F)c2C(N)=S)c1. The molecule has 1 aromatic carbocycles. The molecule has 0 bridgehead atoms. The van der Waals surface area contributed by atoms with Crippen molar-refractivity contribution in [1.29, 1.82) is 0 Å². The lowest BCUT2D eigenvalue weighted by Gasteiger charge is -2.10. The number of carbonyl (C=O) groups is 1. The van der Waals surface area contributed by atoms with Crippen LogP contribution in [0.1, 0.15) is 15.2 Å². The van der Waals surface area contributed by atoms with Crippen LogP contribution in [0.5, 0.6) is 5.75 Å². The van der Waals surface area contributed by atoms with Crippen molar-refractivity contribution in [3.8, 4) is 5.75 Å². The van der Waals surface area contributed by atoms with Crippen molar-refractivity contribution in [3.05, 3.63) is 45.9 Å². The summed E-state index contributed by atoms with van der Waals surface area (Å²) in [6.07, 6.45) is 0. The van der Waals surface area contributed by atoms with Crippen LogP contribution in [0.25, 0.3) is 0 Å². The number of hydrogen-bond acceptors (Lipinski definition) is 4. The van der Waals surface area contributed by atoms with E-state index in [1.807, 2.05) is 0 Å². The molecule has 0 saturated heterocycles. The van der Waals surface area contributed by atoms with Crippen LogP contribution < -0.4 is 15.8 Å². The Morgan fingerprint density at radius 3 is 2.85 bits per heavy atom. The highest BCUT2D eigenvalue weighted by Gasteiger charge is 2.15. The summed E-state index contributed by atoms with van der Waals surface area (Å²) >= 11 is 6.02. The van der Waals surface area contributed by atoms with Crippen molar-refractivity contribution in [2.24, 2.45) is 5.73 Å². The topological polar surface area (TPSA) is 64.3 Å². The van der Waals surface area contributed by atoms with Crippen molar-refractivity contribution in [2.45, 2.75) is 0 Å². The summed E-state index contributed by atoms with van der Waals surface area (Å²) in [4.78, 5) is 12.4. The highest BCUT2D eigenvalue weighted by molar-refractivity contribution is 7.80. The number of benzene rings is 1. The van der Waals surface area contributed by atoms with Gasteiger partial charge in [0.25, 0.3) is 5.91 Å². The molecule has 1 heterocycles. The molecule has 1 amide bonds. The van der Waals surface area contributed by atoms with E-state index in [0.717, 1.165) is 0 Å². The highest BCUT2D eigenvalue weighted by atomic mass is 32.1. The first-order valence-corrected chi connectivity index (χ1v) is 6.84. The first-order valence-electron chi connectivity index (χ1n) is 5.55. The fourth-order valence-electron chi connectivity index (χ4n) is 1.61. The van der Waals surface area contributed by atoms with Gasteiger partial charge in [-0.05, 0) is 12.1 Å². The van der Waals surface area contributed by atoms with E-state index in [1.165, 1.54) is 30.6 Å². The van der Waals surface area contributed by atoms with E-state index in [9.17, 15) is 9.18 Å². The predicted molar refractivity (Wildman–Crippen MR) is 81.1 cm³/mol. The van der Waals surface area contributed by atoms with Gasteiger partial charge >= 0.3 is 0 Å². The van der Waals surface area contributed by atoms with Gasteiger partial charge in [-0.25, -0.2) is 4.39 Å². The Balaban J connectivity index is 2.28. The molecule has 0 atom stereocenters. The van der Waals surface area contributed by atoms with Gasteiger partial charge < -0.3 is 15.8 Å². The van der Waals surface area contributed by atoms with Crippen LogP contribution in [0.15, 0.2) is 29.6 Å². The zero-order chi connectivity index (χ0) is 14.7. The van der Waals surface area contributed by atoms with Crippen LogP contribution in [0, 0.1) is 5.82 Å². The van der Waals surface area contributed by atoms with Crippen LogP contribution in [0.4, 0.5) is 10.1 Å². The quantitative estimate of drug-likeness (QED) is 0.852. The molecule has 104 valence electrons. The number of thiophene rings is 1. The van der Waals surface area contributed by atoms with Gasteiger partial charge in [-0.15, -0.1) is 11.3 Å². The normalized spacial score (nSPS) is 10.1. The molecule has 4 nitrogen and oxygen atoms in total. The predicted octanol–water partition coefficient (Wildman–Crippen LogP) is 2.78. The average Bonchev–Trinajstić information content (AvgIpc) is 2.87. The molecule has 3 N–H and O–H groups in total. The summed E-state index contributed by atoms with van der Waals surface area (Å²) in [5.74, 6) is -0.352. The second-order valence-electron chi connectivity index (χ2n) is 3.83. The zero-order valence-corrected chi connectivity index (χ0v) is 12.1. The third-order valence-electron chi connectivity index (χ3n) is 2.54. The molecule has 1 aromatic heterocycles. The average molecular weight is 310 g/mol. The van der Waals surface area contributed by atoms with Gasteiger partial charge in [0.15, 0.2) is 0 Å². The highest BCUT2D eigenvalue weighted by Crippen LogP contribution is 2.24. The van der Waals surface area contributed by atoms with Crippen LogP contribution >= 0.6 is 23.6 Å². The lowest BCUT2D eigenvalue weighted by Crippen LogP contribution is -2.18. The summed E-state index contributed by atoms with van der Waals surface area (Å²) < 4.78 is 18.7. The number of ether oxygens (including phenoxy) is 1. The first-order chi connectivity index (χ1) is 9.52. The van der Waals surface area contributed by atoms with Gasteiger partial charge in [0.1, 0.15) is 16.6 Å². The number of carbonyl (C=O) groups excluding carboxylic acids is 1. The summed E-state index contributed by atoms with van der Waals surface area (Å²) in [5, 5.41) is 4.30. The lowest BCUT2D eigenvalue weighted by atomic mass is 10.1. The molecule has 7 heteroatoms. The number of anilines is 1. The fraction of sp³-hybridized carbons (Fsp3) is 0.0769. The second-order valence-corrected chi connectivity index (χ2v) is 5.18. The van der Waals surface area contributed by atoms with Crippen LogP contribution in [-0.4, -0.2) is 18.0 Å². The van der Waals surface area contributed by atoms with Gasteiger partial charge in [-0.2, -0.15) is 0 Å². The van der Waals surface area contributed by atoms with E-state index in [2.05, 4.69) is 5.32 Å². The summed E-state index contributed by atoms with van der Waals surface area (Å²) in [5.41, 5.74) is 5.75. The third-order valence-corrected chi connectivity index (χ3v) is 3.65. The maximum atomic E-state index is 13.7. The molecule has 2 rings (SSSR count). The zero-order valence-electron chi connectivity index (χ0n) is 10.5. The van der Waals surface area contributed by atoms with Crippen LogP contribution in [-0.2, 0) is 0 Å². The number of rotatable bonds is 4. The molecule has 0 radical (unpaired) electrons. The molecule has 20 heavy (non-hydrogen) atoms. The third kappa shape index (κ3) is 2.94. The standard InChI is InChI=1S/C13H11FN2O2S2/c1-18-7-5-10(20-6-7)13(17)16-9-4-2-3-8(14)11(9)12(15)19/h2-6H,1H3,(H2,15,19)(H,16,17). The fourth-order valence-corrected chi connectivity index (χ4v) is 2.56. The summed E-state index contributed by atoms with van der Waals surface area (Å²) in [6.45, 7) is 0. The number of hydrogen-bond donors (Lipinski definition) is 2. The molecule has 0 saturated carbocycles. The van der Waals surface area contributed by atoms with Crippen molar-refractivity contribution < 1.29 is 13.9 Å². The van der Waals surface area contributed by atoms with Crippen LogP contribution in [0.3, 0.4) is 0 Å². The van der Waals surface area contributed by atoms with Gasteiger partial charge in [-0.3, -0.25) is 4.79 Å². The molecule has 0 aliphatic heterocycles. The Labute approximate surface area is 124 Å². The Kier molecular flexibility index (Phi) is 4.31. The minimum atomic E-state index is -0.570. The number of thiocarbonyl (C=S) groups is 1. The molecular weight excluding hydrogens is 299 g/mol. The lowest BCUT2D eigenvalue weighted by molar-refractivity contribution is 0.103. The van der Waals surface area contributed by atoms with Gasteiger partial charge in [-0.1, -0.05) is 18.3 Å². The molecule has 0 unspecified atom stereocenters. The van der Waals surface area contributed by atoms with Gasteiger partial charge in [0.2, 0.25) is 0 Å². The van der Waals surface area contributed by atoms with Crippen molar-refractivity contribution in [3.63, 3.8) is 0 Å². The van der Waals surface area contributed by atoms with Gasteiger partial charge in [0.05, 0.1) is 23.2 Å². The maximum Gasteiger partial charge on any atom is 0.265 e. The number of nitrogens with one attached hydrogen (secondary N) is 1. The minimum absolute atomic E-state index is 0.0272. The van der Waals surface area contributed by atoms with Gasteiger partial charge in [0, 0.05) is 11.4 Å². The summed E-state index contributed by atoms with van der Waals surface area (Å²) in [6, 6.07) is 5.85. The van der Waals surface area contributed by atoms with E-state index >= 15 is 0 Å². The van der Waals surface area contributed by atoms with Crippen molar-refractivity contribution in [2.75, 3.05) is 12.4 Å². The monoisotopic (exact) mass is 310 g/mol. The number of amides is 1. The van der Waals surface area contributed by atoms with Crippen molar-refractivity contribution >= 4 is 40.1 Å². The first kappa shape index (κ1) is 14.4. The van der Waals surface area contributed by atoms with E-state index in [1.54, 1.807) is 17.5 Å². The Morgan fingerprint density at radius 1 is 1.50 bits per heavy atom. The van der Waals surface area contributed by atoms with E-state index < -0.39 is 5.82 Å². The Morgan fingerprint density at radius 2 is 2.25 bits per heavy atom. The Hall–Kier alpha value is -1.99.